The topological polar surface area (TPSA) is 71.5 Å². The van der Waals surface area contributed by atoms with Crippen molar-refractivity contribution in [3.63, 3.8) is 0 Å². The standard InChI is InChI=1S/C28H27FN2O3/c1-18-4-3-5-22(14-18)27(24-17-23(29)8-9-26(24)32)31-28(33)25-16-21(15-19(2)30-25)7-6-20-10-12-34-13-11-20/h3-5,8-9,14-17,20,27,32H,10-13H2,1-2H3,(H,31,33). The van der Waals surface area contributed by atoms with E-state index in [1.54, 1.807) is 6.07 Å². The molecule has 0 saturated carbocycles. The van der Waals surface area contributed by atoms with Crippen molar-refractivity contribution >= 4 is 5.91 Å². The van der Waals surface area contributed by atoms with Gasteiger partial charge in [-0.1, -0.05) is 41.7 Å². The normalized spacial score (nSPS) is 14.7. The Labute approximate surface area is 199 Å². The summed E-state index contributed by atoms with van der Waals surface area (Å²) in [5.41, 5.74) is 3.57. The molecule has 174 valence electrons. The van der Waals surface area contributed by atoms with Gasteiger partial charge in [0.25, 0.3) is 5.91 Å². The fourth-order valence-corrected chi connectivity index (χ4v) is 4.04. The number of aromatic nitrogens is 1. The van der Waals surface area contributed by atoms with Crippen molar-refractivity contribution in [1.29, 1.82) is 0 Å². The molecule has 1 aliphatic heterocycles. The van der Waals surface area contributed by atoms with Gasteiger partial charge in [-0.25, -0.2) is 9.37 Å². The molecule has 2 N–H and O–H groups in total. The second-order valence-electron chi connectivity index (χ2n) is 8.56. The number of ether oxygens (including phenoxy) is 1. The highest BCUT2D eigenvalue weighted by Gasteiger charge is 2.22. The third kappa shape index (κ3) is 5.81. The minimum absolute atomic E-state index is 0.103. The molecule has 1 atom stereocenters. The average Bonchev–Trinajstić information content (AvgIpc) is 2.83. The fraction of sp³-hybridized carbons (Fsp3) is 0.286. The summed E-state index contributed by atoms with van der Waals surface area (Å²) >= 11 is 0. The summed E-state index contributed by atoms with van der Waals surface area (Å²) in [5.74, 6) is 5.69. The van der Waals surface area contributed by atoms with Crippen molar-refractivity contribution in [3.05, 3.63) is 94.1 Å². The lowest BCUT2D eigenvalue weighted by Crippen LogP contribution is -2.30. The number of amides is 1. The van der Waals surface area contributed by atoms with Crippen molar-refractivity contribution < 1.29 is 19.0 Å². The molecular weight excluding hydrogens is 431 g/mol. The molecule has 1 saturated heterocycles. The molecule has 6 heteroatoms. The largest absolute Gasteiger partial charge is 0.508 e. The SMILES string of the molecule is Cc1cccc(C(NC(=O)c2cc(C#CC3CCOCC3)cc(C)n2)c2cc(F)ccc2O)c1. The smallest absolute Gasteiger partial charge is 0.270 e. The fourth-order valence-electron chi connectivity index (χ4n) is 4.04. The van der Waals surface area contributed by atoms with E-state index in [-0.39, 0.29) is 22.9 Å². The number of carbonyl (C=O) groups excluding carboxylic acids is 1. The molecule has 5 nitrogen and oxygen atoms in total. The summed E-state index contributed by atoms with van der Waals surface area (Å²) in [6, 6.07) is 14.0. The first-order chi connectivity index (χ1) is 16.4. The monoisotopic (exact) mass is 458 g/mol. The molecule has 2 aromatic carbocycles. The molecule has 1 fully saturated rings. The number of nitrogens with one attached hydrogen (secondary N) is 1. The van der Waals surface area contributed by atoms with Crippen LogP contribution >= 0.6 is 0 Å². The van der Waals surface area contributed by atoms with E-state index in [2.05, 4.69) is 22.1 Å². The maximum absolute atomic E-state index is 14.0. The highest BCUT2D eigenvalue weighted by molar-refractivity contribution is 5.93. The maximum Gasteiger partial charge on any atom is 0.270 e. The van der Waals surface area contributed by atoms with E-state index >= 15 is 0 Å². The molecule has 0 spiro atoms. The van der Waals surface area contributed by atoms with Crippen LogP contribution in [0, 0.1) is 37.4 Å². The van der Waals surface area contributed by atoms with Crippen LogP contribution in [-0.2, 0) is 4.74 Å². The Bertz CT molecular complexity index is 1260. The lowest BCUT2D eigenvalue weighted by molar-refractivity contribution is 0.0807. The lowest BCUT2D eigenvalue weighted by atomic mass is 9.96. The zero-order valence-corrected chi connectivity index (χ0v) is 19.3. The van der Waals surface area contributed by atoms with Crippen molar-refractivity contribution in [2.75, 3.05) is 13.2 Å². The second-order valence-corrected chi connectivity index (χ2v) is 8.56. The number of rotatable bonds is 4. The minimum atomic E-state index is -0.762. The van der Waals surface area contributed by atoms with Gasteiger partial charge in [-0.3, -0.25) is 4.79 Å². The summed E-state index contributed by atoms with van der Waals surface area (Å²) < 4.78 is 19.4. The van der Waals surface area contributed by atoms with Crippen LogP contribution in [0.1, 0.15) is 57.3 Å². The molecule has 0 aliphatic carbocycles. The number of pyridine rings is 1. The van der Waals surface area contributed by atoms with Crippen molar-refractivity contribution in [1.82, 2.24) is 10.3 Å². The summed E-state index contributed by atoms with van der Waals surface area (Å²) in [7, 11) is 0. The molecule has 1 aliphatic rings. The van der Waals surface area contributed by atoms with Crippen LogP contribution in [0.3, 0.4) is 0 Å². The molecule has 1 aromatic heterocycles. The lowest BCUT2D eigenvalue weighted by Gasteiger charge is -2.21. The van der Waals surface area contributed by atoms with Gasteiger partial charge in [0.2, 0.25) is 0 Å². The van der Waals surface area contributed by atoms with Crippen molar-refractivity contribution in [2.24, 2.45) is 5.92 Å². The Kier molecular flexibility index (Phi) is 7.24. The predicted octanol–water partition coefficient (Wildman–Crippen LogP) is 4.84. The molecule has 1 amide bonds. The van der Waals surface area contributed by atoms with Crippen LogP contribution in [-0.4, -0.2) is 29.2 Å². The summed E-state index contributed by atoms with van der Waals surface area (Å²) in [6.45, 7) is 5.18. The molecule has 4 rings (SSSR count). The van der Waals surface area contributed by atoms with Gasteiger partial charge in [-0.2, -0.15) is 0 Å². The first-order valence-electron chi connectivity index (χ1n) is 11.3. The highest BCUT2D eigenvalue weighted by atomic mass is 19.1. The van der Waals surface area contributed by atoms with Gasteiger partial charge in [-0.05, 0) is 62.6 Å². The van der Waals surface area contributed by atoms with Gasteiger partial charge >= 0.3 is 0 Å². The van der Waals surface area contributed by atoms with E-state index in [1.807, 2.05) is 44.2 Å². The molecular formula is C28H27FN2O3. The number of benzene rings is 2. The van der Waals surface area contributed by atoms with Crippen molar-refractivity contribution in [3.8, 4) is 17.6 Å². The first kappa shape index (κ1) is 23.5. The maximum atomic E-state index is 14.0. The molecule has 2 heterocycles. The molecule has 34 heavy (non-hydrogen) atoms. The van der Waals surface area contributed by atoms with Gasteiger partial charge in [-0.15, -0.1) is 0 Å². The summed E-state index contributed by atoms with van der Waals surface area (Å²) in [6.07, 6.45) is 1.80. The Morgan fingerprint density at radius 3 is 2.71 bits per heavy atom. The Hall–Kier alpha value is -3.69. The third-order valence-corrected chi connectivity index (χ3v) is 5.78. The zero-order chi connectivity index (χ0) is 24.1. The number of nitrogens with zero attached hydrogens (tertiary/aromatic N) is 1. The number of aromatic hydroxyl groups is 1. The Morgan fingerprint density at radius 1 is 1.15 bits per heavy atom. The van der Waals surface area contributed by atoms with Crippen LogP contribution in [0.2, 0.25) is 0 Å². The van der Waals surface area contributed by atoms with E-state index in [0.717, 1.165) is 37.2 Å². The summed E-state index contributed by atoms with van der Waals surface area (Å²) in [5, 5.41) is 13.4. The Morgan fingerprint density at radius 2 is 1.94 bits per heavy atom. The first-order valence-corrected chi connectivity index (χ1v) is 11.3. The van der Waals surface area contributed by atoms with E-state index in [0.29, 0.717) is 11.3 Å². The number of hydrogen-bond donors (Lipinski definition) is 2. The number of halogens is 1. The quantitative estimate of drug-likeness (QED) is 0.549. The van der Waals surface area contributed by atoms with E-state index in [9.17, 15) is 14.3 Å². The molecule has 0 radical (unpaired) electrons. The van der Waals surface area contributed by atoms with E-state index in [1.165, 1.54) is 18.2 Å². The van der Waals surface area contributed by atoms with Crippen LogP contribution in [0.4, 0.5) is 4.39 Å². The van der Waals surface area contributed by atoms with Gasteiger partial charge in [0.05, 0.1) is 6.04 Å². The van der Waals surface area contributed by atoms with Gasteiger partial charge in [0.1, 0.15) is 17.3 Å². The minimum Gasteiger partial charge on any atom is -0.508 e. The number of hydrogen-bond acceptors (Lipinski definition) is 4. The van der Waals surface area contributed by atoms with Crippen LogP contribution in [0.15, 0.2) is 54.6 Å². The van der Waals surface area contributed by atoms with E-state index < -0.39 is 17.8 Å². The van der Waals surface area contributed by atoms with E-state index in [4.69, 9.17) is 4.74 Å². The zero-order valence-electron chi connectivity index (χ0n) is 19.3. The predicted molar refractivity (Wildman–Crippen MR) is 128 cm³/mol. The molecule has 3 aromatic rings. The van der Waals surface area contributed by atoms with Crippen LogP contribution in [0.5, 0.6) is 5.75 Å². The second kappa shape index (κ2) is 10.5. The van der Waals surface area contributed by atoms with Crippen molar-refractivity contribution in [2.45, 2.75) is 32.7 Å². The van der Waals surface area contributed by atoms with Crippen LogP contribution < -0.4 is 5.32 Å². The average molecular weight is 459 g/mol. The molecule has 1 unspecified atom stereocenters. The molecule has 0 bridgehead atoms. The number of phenolic OH excluding ortho intramolecular Hbond substituents is 1. The third-order valence-electron chi connectivity index (χ3n) is 5.78. The Balaban J connectivity index is 1.64. The van der Waals surface area contributed by atoms with Crippen LogP contribution in [0.25, 0.3) is 0 Å². The van der Waals surface area contributed by atoms with Gasteiger partial charge < -0.3 is 15.2 Å². The number of aryl methyl sites for hydroxylation is 2. The number of phenols is 1. The highest BCUT2D eigenvalue weighted by Crippen LogP contribution is 2.31. The van der Waals surface area contributed by atoms with Gasteiger partial charge in [0, 0.05) is 36.0 Å². The van der Waals surface area contributed by atoms with Gasteiger partial charge in [0.15, 0.2) is 0 Å². The number of carbonyl (C=O) groups is 1. The summed E-state index contributed by atoms with van der Waals surface area (Å²) in [4.78, 5) is 17.7.